The maximum Gasteiger partial charge on any atom is 0.248 e. The molecule has 0 spiro atoms. The Bertz CT molecular complexity index is 271. The van der Waals surface area contributed by atoms with Gasteiger partial charge in [-0.2, -0.15) is 0 Å². The molecule has 3 unspecified atom stereocenters. The Hall–Kier alpha value is -0.650. The van der Waals surface area contributed by atoms with Crippen LogP contribution in [0.25, 0.3) is 0 Å². The van der Waals surface area contributed by atoms with Gasteiger partial charge in [-0.1, -0.05) is 13.8 Å². The zero-order chi connectivity index (χ0) is 14.3. The van der Waals surface area contributed by atoms with Gasteiger partial charge in [0.1, 0.15) is 6.10 Å². The summed E-state index contributed by atoms with van der Waals surface area (Å²) in [5.41, 5.74) is 0. The SMILES string of the molecule is CC(C)CCNC(=O)C(C)OCC1CNCC(C)O1. The molecule has 0 aromatic rings. The summed E-state index contributed by atoms with van der Waals surface area (Å²) >= 11 is 0. The van der Waals surface area contributed by atoms with E-state index in [0.29, 0.717) is 19.1 Å². The van der Waals surface area contributed by atoms with E-state index >= 15 is 0 Å². The summed E-state index contributed by atoms with van der Waals surface area (Å²) in [5, 5.41) is 6.17. The topological polar surface area (TPSA) is 59.6 Å². The van der Waals surface area contributed by atoms with Crippen molar-refractivity contribution in [3.8, 4) is 0 Å². The van der Waals surface area contributed by atoms with Crippen LogP contribution in [-0.4, -0.2) is 50.5 Å². The van der Waals surface area contributed by atoms with Crippen molar-refractivity contribution in [3.05, 3.63) is 0 Å². The smallest absolute Gasteiger partial charge is 0.248 e. The largest absolute Gasteiger partial charge is 0.370 e. The van der Waals surface area contributed by atoms with Gasteiger partial charge in [-0.3, -0.25) is 4.79 Å². The lowest BCUT2D eigenvalue weighted by molar-refractivity contribution is -0.136. The van der Waals surface area contributed by atoms with Gasteiger partial charge in [0.15, 0.2) is 0 Å². The van der Waals surface area contributed by atoms with E-state index in [4.69, 9.17) is 9.47 Å². The molecule has 5 nitrogen and oxygen atoms in total. The summed E-state index contributed by atoms with van der Waals surface area (Å²) in [5.74, 6) is 0.553. The van der Waals surface area contributed by atoms with Crippen molar-refractivity contribution in [1.29, 1.82) is 0 Å². The highest BCUT2D eigenvalue weighted by atomic mass is 16.5. The second-order valence-corrected chi connectivity index (χ2v) is 5.68. The van der Waals surface area contributed by atoms with Crippen molar-refractivity contribution in [2.45, 2.75) is 52.4 Å². The van der Waals surface area contributed by atoms with Crippen LogP contribution < -0.4 is 10.6 Å². The fourth-order valence-corrected chi connectivity index (χ4v) is 1.93. The molecule has 3 atom stereocenters. The fourth-order valence-electron chi connectivity index (χ4n) is 1.93. The maximum absolute atomic E-state index is 11.8. The molecule has 5 heteroatoms. The van der Waals surface area contributed by atoms with E-state index in [1.165, 1.54) is 0 Å². The second kappa shape index (κ2) is 8.51. The van der Waals surface area contributed by atoms with Gasteiger partial charge in [0.25, 0.3) is 0 Å². The van der Waals surface area contributed by atoms with Crippen LogP contribution in [0.1, 0.15) is 34.1 Å². The number of morpholine rings is 1. The maximum atomic E-state index is 11.8. The van der Waals surface area contributed by atoms with Gasteiger partial charge in [0.05, 0.1) is 18.8 Å². The molecule has 0 aliphatic carbocycles. The number of carbonyl (C=O) groups is 1. The van der Waals surface area contributed by atoms with Crippen molar-refractivity contribution < 1.29 is 14.3 Å². The van der Waals surface area contributed by atoms with E-state index in [-0.39, 0.29) is 18.1 Å². The summed E-state index contributed by atoms with van der Waals surface area (Å²) in [6.07, 6.45) is 0.811. The number of amides is 1. The van der Waals surface area contributed by atoms with Crippen LogP contribution in [0.4, 0.5) is 0 Å². The summed E-state index contributed by atoms with van der Waals surface area (Å²) in [6.45, 7) is 10.9. The Balaban J connectivity index is 2.15. The molecule has 0 aromatic carbocycles. The normalized spacial score (nSPS) is 25.3. The summed E-state index contributed by atoms with van der Waals surface area (Å²) in [7, 11) is 0. The van der Waals surface area contributed by atoms with Gasteiger partial charge < -0.3 is 20.1 Å². The molecule has 1 heterocycles. The van der Waals surface area contributed by atoms with Gasteiger partial charge in [0.2, 0.25) is 5.91 Å². The Kier molecular flexibility index (Phi) is 7.34. The fraction of sp³-hybridized carbons (Fsp3) is 0.929. The van der Waals surface area contributed by atoms with E-state index in [0.717, 1.165) is 19.5 Å². The van der Waals surface area contributed by atoms with Crippen LogP contribution in [0.2, 0.25) is 0 Å². The quantitative estimate of drug-likeness (QED) is 0.724. The van der Waals surface area contributed by atoms with Crippen LogP contribution in [0.15, 0.2) is 0 Å². The van der Waals surface area contributed by atoms with E-state index in [9.17, 15) is 4.79 Å². The minimum absolute atomic E-state index is 0.0367. The number of ether oxygens (including phenoxy) is 2. The Morgan fingerprint density at radius 2 is 2.16 bits per heavy atom. The first-order valence-electron chi connectivity index (χ1n) is 7.24. The molecular weight excluding hydrogens is 244 g/mol. The van der Waals surface area contributed by atoms with Gasteiger partial charge >= 0.3 is 0 Å². The zero-order valence-corrected chi connectivity index (χ0v) is 12.6. The monoisotopic (exact) mass is 272 g/mol. The Morgan fingerprint density at radius 3 is 2.79 bits per heavy atom. The molecular formula is C14H28N2O3. The van der Waals surface area contributed by atoms with E-state index in [1.54, 1.807) is 6.92 Å². The first kappa shape index (κ1) is 16.4. The predicted molar refractivity (Wildman–Crippen MR) is 75.1 cm³/mol. The highest BCUT2D eigenvalue weighted by Gasteiger charge is 2.21. The molecule has 0 radical (unpaired) electrons. The lowest BCUT2D eigenvalue weighted by Gasteiger charge is -2.29. The average molecular weight is 272 g/mol. The van der Waals surface area contributed by atoms with Gasteiger partial charge in [0, 0.05) is 19.6 Å². The standard InChI is InChI=1S/C14H28N2O3/c1-10(2)5-6-16-14(17)12(4)18-9-13-8-15-7-11(3)19-13/h10-13,15H,5-9H2,1-4H3,(H,16,17). The third kappa shape index (κ3) is 6.89. The molecule has 1 fully saturated rings. The van der Waals surface area contributed by atoms with E-state index in [1.807, 2.05) is 6.92 Å². The highest BCUT2D eigenvalue weighted by Crippen LogP contribution is 2.05. The van der Waals surface area contributed by atoms with Crippen LogP contribution >= 0.6 is 0 Å². The van der Waals surface area contributed by atoms with Crippen LogP contribution in [0.3, 0.4) is 0 Å². The molecule has 0 saturated carbocycles. The first-order valence-corrected chi connectivity index (χ1v) is 7.24. The van der Waals surface area contributed by atoms with E-state index in [2.05, 4.69) is 24.5 Å². The number of hydrogen-bond donors (Lipinski definition) is 2. The molecule has 112 valence electrons. The van der Waals surface area contributed by atoms with Crippen molar-refractivity contribution >= 4 is 5.91 Å². The third-order valence-electron chi connectivity index (χ3n) is 3.15. The van der Waals surface area contributed by atoms with Crippen LogP contribution in [-0.2, 0) is 14.3 Å². The molecule has 1 aliphatic rings. The first-order chi connectivity index (χ1) is 8.99. The zero-order valence-electron chi connectivity index (χ0n) is 12.6. The minimum Gasteiger partial charge on any atom is -0.370 e. The van der Waals surface area contributed by atoms with Gasteiger partial charge in [-0.05, 0) is 26.2 Å². The predicted octanol–water partition coefficient (Wildman–Crippen LogP) is 0.931. The van der Waals surface area contributed by atoms with Gasteiger partial charge in [-0.25, -0.2) is 0 Å². The number of nitrogens with one attached hydrogen (secondary N) is 2. The average Bonchev–Trinajstić information content (AvgIpc) is 2.35. The molecule has 1 saturated heterocycles. The lowest BCUT2D eigenvalue weighted by atomic mass is 10.1. The Morgan fingerprint density at radius 1 is 1.42 bits per heavy atom. The molecule has 2 N–H and O–H groups in total. The van der Waals surface area contributed by atoms with Crippen molar-refractivity contribution in [3.63, 3.8) is 0 Å². The van der Waals surface area contributed by atoms with Gasteiger partial charge in [-0.15, -0.1) is 0 Å². The number of rotatable bonds is 7. The van der Waals surface area contributed by atoms with Crippen LogP contribution in [0, 0.1) is 5.92 Å². The molecule has 19 heavy (non-hydrogen) atoms. The summed E-state index contributed by atoms with van der Waals surface area (Å²) in [4.78, 5) is 11.8. The molecule has 1 aliphatic heterocycles. The molecule has 1 rings (SSSR count). The minimum atomic E-state index is -0.423. The number of hydrogen-bond acceptors (Lipinski definition) is 4. The van der Waals surface area contributed by atoms with Crippen molar-refractivity contribution in [1.82, 2.24) is 10.6 Å². The van der Waals surface area contributed by atoms with E-state index < -0.39 is 6.10 Å². The number of carbonyl (C=O) groups excluding carboxylic acids is 1. The molecule has 1 amide bonds. The summed E-state index contributed by atoms with van der Waals surface area (Å²) in [6, 6.07) is 0. The second-order valence-electron chi connectivity index (χ2n) is 5.68. The van der Waals surface area contributed by atoms with Crippen molar-refractivity contribution in [2.24, 2.45) is 5.92 Å². The third-order valence-corrected chi connectivity index (χ3v) is 3.15. The highest BCUT2D eigenvalue weighted by molar-refractivity contribution is 5.80. The molecule has 0 aromatic heterocycles. The summed E-state index contributed by atoms with van der Waals surface area (Å²) < 4.78 is 11.3. The molecule has 0 bridgehead atoms. The lowest BCUT2D eigenvalue weighted by Crippen LogP contribution is -2.46. The Labute approximate surface area is 116 Å². The van der Waals surface area contributed by atoms with Crippen LogP contribution in [0.5, 0.6) is 0 Å². The van der Waals surface area contributed by atoms with Crippen molar-refractivity contribution in [2.75, 3.05) is 26.2 Å².